The maximum atomic E-state index is 5.92. The second kappa shape index (κ2) is 4.53. The van der Waals surface area contributed by atoms with Gasteiger partial charge in [-0.15, -0.1) is 5.10 Å². The van der Waals surface area contributed by atoms with Gasteiger partial charge < -0.3 is 10.5 Å². The summed E-state index contributed by atoms with van der Waals surface area (Å²) < 4.78 is 5.74. The minimum absolute atomic E-state index is 0.441. The van der Waals surface area contributed by atoms with Crippen LogP contribution in [-0.2, 0) is 0 Å². The zero-order chi connectivity index (χ0) is 13.2. The van der Waals surface area contributed by atoms with Gasteiger partial charge in [-0.2, -0.15) is 5.10 Å². The molecule has 0 aliphatic rings. The molecule has 5 heteroatoms. The van der Waals surface area contributed by atoms with Crippen LogP contribution in [0, 0.1) is 6.92 Å². The van der Waals surface area contributed by atoms with E-state index in [1.807, 2.05) is 25.1 Å². The third-order valence-electron chi connectivity index (χ3n) is 2.75. The van der Waals surface area contributed by atoms with E-state index in [-0.39, 0.29) is 0 Å². The van der Waals surface area contributed by atoms with Crippen molar-refractivity contribution in [2.24, 2.45) is 0 Å². The Morgan fingerprint density at radius 2 is 2.11 bits per heavy atom. The first-order valence-electron chi connectivity index (χ1n) is 5.84. The molecule has 3 rings (SSSR count). The Morgan fingerprint density at radius 3 is 2.95 bits per heavy atom. The number of aromatic nitrogens is 3. The van der Waals surface area contributed by atoms with Crippen molar-refractivity contribution < 1.29 is 4.74 Å². The highest BCUT2D eigenvalue weighted by molar-refractivity contribution is 5.94. The number of ether oxygens (including phenoxy) is 1. The van der Waals surface area contributed by atoms with Crippen molar-refractivity contribution in [3.05, 3.63) is 48.3 Å². The van der Waals surface area contributed by atoms with Crippen molar-refractivity contribution >= 4 is 16.6 Å². The number of aryl methyl sites for hydroxylation is 1. The van der Waals surface area contributed by atoms with Crippen LogP contribution in [0.5, 0.6) is 11.6 Å². The number of nitrogens with zero attached hydrogens (tertiary/aromatic N) is 3. The lowest BCUT2D eigenvalue weighted by Crippen LogP contribution is -1.95. The molecule has 1 aromatic carbocycles. The Kier molecular flexibility index (Phi) is 2.72. The molecule has 0 atom stereocenters. The van der Waals surface area contributed by atoms with Gasteiger partial charge in [0.2, 0.25) is 5.88 Å². The highest BCUT2D eigenvalue weighted by Gasteiger charge is 2.08. The van der Waals surface area contributed by atoms with Gasteiger partial charge >= 0.3 is 0 Å². The van der Waals surface area contributed by atoms with E-state index in [4.69, 9.17) is 10.5 Å². The number of pyridine rings is 1. The lowest BCUT2D eigenvalue weighted by molar-refractivity contribution is 0.458. The minimum Gasteiger partial charge on any atom is -0.435 e. The number of anilines is 1. The third-order valence-corrected chi connectivity index (χ3v) is 2.75. The fraction of sp³-hybridized carbons (Fsp3) is 0.0714. The van der Waals surface area contributed by atoms with Crippen LogP contribution in [0.25, 0.3) is 10.9 Å². The first-order valence-corrected chi connectivity index (χ1v) is 5.84. The largest absolute Gasteiger partial charge is 0.435 e. The fourth-order valence-electron chi connectivity index (χ4n) is 1.85. The molecule has 0 unspecified atom stereocenters. The molecule has 94 valence electrons. The Labute approximate surface area is 110 Å². The van der Waals surface area contributed by atoms with E-state index < -0.39 is 0 Å². The maximum absolute atomic E-state index is 5.92. The van der Waals surface area contributed by atoms with Crippen LogP contribution in [-0.4, -0.2) is 15.2 Å². The van der Waals surface area contributed by atoms with Crippen LogP contribution in [0.2, 0.25) is 0 Å². The number of nitrogen functional groups attached to an aromatic ring is 1. The summed E-state index contributed by atoms with van der Waals surface area (Å²) in [6.45, 7) is 1.93. The predicted molar refractivity (Wildman–Crippen MR) is 73.0 cm³/mol. The fourth-order valence-corrected chi connectivity index (χ4v) is 1.85. The van der Waals surface area contributed by atoms with Crippen molar-refractivity contribution in [2.45, 2.75) is 6.92 Å². The van der Waals surface area contributed by atoms with Crippen LogP contribution >= 0.6 is 0 Å². The molecule has 3 aromatic rings. The normalized spacial score (nSPS) is 10.6. The Morgan fingerprint density at radius 1 is 1.21 bits per heavy atom. The summed E-state index contributed by atoms with van der Waals surface area (Å²) in [7, 11) is 0. The van der Waals surface area contributed by atoms with E-state index in [0.29, 0.717) is 22.8 Å². The molecule has 2 aromatic heterocycles. The SMILES string of the molecule is Cc1cnnc(Oc2ccc(N)c3cccnc23)c1. The van der Waals surface area contributed by atoms with Crippen molar-refractivity contribution in [1.29, 1.82) is 0 Å². The highest BCUT2D eigenvalue weighted by atomic mass is 16.5. The quantitative estimate of drug-likeness (QED) is 0.710. The average Bonchev–Trinajstić information content (AvgIpc) is 2.42. The van der Waals surface area contributed by atoms with Crippen LogP contribution in [0.15, 0.2) is 42.7 Å². The molecule has 0 bridgehead atoms. The molecule has 0 fully saturated rings. The predicted octanol–water partition coefficient (Wildman–Crippen LogP) is 2.71. The van der Waals surface area contributed by atoms with Crippen molar-refractivity contribution in [1.82, 2.24) is 15.2 Å². The minimum atomic E-state index is 0.441. The average molecular weight is 252 g/mol. The molecule has 0 spiro atoms. The van der Waals surface area contributed by atoms with E-state index in [9.17, 15) is 0 Å². The van der Waals surface area contributed by atoms with E-state index in [2.05, 4.69) is 15.2 Å². The van der Waals surface area contributed by atoms with E-state index >= 15 is 0 Å². The summed E-state index contributed by atoms with van der Waals surface area (Å²) in [4.78, 5) is 4.31. The van der Waals surface area contributed by atoms with E-state index in [0.717, 1.165) is 10.9 Å². The third kappa shape index (κ3) is 2.18. The van der Waals surface area contributed by atoms with Crippen molar-refractivity contribution in [2.75, 3.05) is 5.73 Å². The number of nitrogens with two attached hydrogens (primary N) is 1. The van der Waals surface area contributed by atoms with E-state index in [1.165, 1.54) is 0 Å². The van der Waals surface area contributed by atoms with Gasteiger partial charge in [-0.3, -0.25) is 4.98 Å². The molecular formula is C14H12N4O. The smallest absolute Gasteiger partial charge is 0.239 e. The van der Waals surface area contributed by atoms with Gasteiger partial charge in [0.25, 0.3) is 0 Å². The molecule has 0 aliphatic heterocycles. The highest BCUT2D eigenvalue weighted by Crippen LogP contribution is 2.30. The monoisotopic (exact) mass is 252 g/mol. The van der Waals surface area contributed by atoms with Crippen molar-refractivity contribution in [3.8, 4) is 11.6 Å². The number of fused-ring (bicyclic) bond motifs is 1. The Balaban J connectivity index is 2.09. The molecule has 0 aliphatic carbocycles. The number of rotatable bonds is 2. The molecule has 0 saturated heterocycles. The summed E-state index contributed by atoms with van der Waals surface area (Å²) in [5.74, 6) is 1.06. The molecule has 5 nitrogen and oxygen atoms in total. The lowest BCUT2D eigenvalue weighted by Gasteiger charge is -2.08. The first kappa shape index (κ1) is 11.4. The lowest BCUT2D eigenvalue weighted by atomic mass is 10.2. The van der Waals surface area contributed by atoms with Crippen LogP contribution in [0.1, 0.15) is 5.56 Å². The Hall–Kier alpha value is -2.69. The van der Waals surface area contributed by atoms with Crippen LogP contribution in [0.3, 0.4) is 0 Å². The summed E-state index contributed by atoms with van der Waals surface area (Å²) in [6.07, 6.45) is 3.38. The van der Waals surface area contributed by atoms with Gasteiger partial charge in [0.15, 0.2) is 5.75 Å². The molecule has 0 radical (unpaired) electrons. The van der Waals surface area contributed by atoms with Crippen LogP contribution in [0.4, 0.5) is 5.69 Å². The standard InChI is InChI=1S/C14H12N4O/c1-9-7-13(18-17-8-9)19-12-5-4-11(15)10-3-2-6-16-14(10)12/h2-8H,15H2,1H3. The van der Waals surface area contributed by atoms with Gasteiger partial charge in [0.05, 0.1) is 6.20 Å². The van der Waals surface area contributed by atoms with Gasteiger partial charge in [0.1, 0.15) is 5.52 Å². The molecule has 0 saturated carbocycles. The van der Waals surface area contributed by atoms with Gasteiger partial charge in [-0.25, -0.2) is 0 Å². The van der Waals surface area contributed by atoms with Crippen molar-refractivity contribution in [3.63, 3.8) is 0 Å². The topological polar surface area (TPSA) is 73.9 Å². The number of benzene rings is 1. The summed E-state index contributed by atoms with van der Waals surface area (Å²) in [5.41, 5.74) is 8.29. The number of hydrogen-bond donors (Lipinski definition) is 1. The molecule has 19 heavy (non-hydrogen) atoms. The first-order chi connectivity index (χ1) is 9.24. The molecular weight excluding hydrogens is 240 g/mol. The second-order valence-corrected chi connectivity index (χ2v) is 4.23. The summed E-state index contributed by atoms with van der Waals surface area (Å²) >= 11 is 0. The second-order valence-electron chi connectivity index (χ2n) is 4.23. The molecule has 2 N–H and O–H groups in total. The van der Waals surface area contributed by atoms with E-state index in [1.54, 1.807) is 24.5 Å². The maximum Gasteiger partial charge on any atom is 0.239 e. The molecule has 2 heterocycles. The Bertz CT molecular complexity index is 742. The number of hydrogen-bond acceptors (Lipinski definition) is 5. The van der Waals surface area contributed by atoms with Gasteiger partial charge in [-0.05, 0) is 36.8 Å². The molecule has 0 amide bonds. The van der Waals surface area contributed by atoms with Gasteiger partial charge in [-0.1, -0.05) is 0 Å². The van der Waals surface area contributed by atoms with Crippen LogP contribution < -0.4 is 10.5 Å². The summed E-state index contributed by atoms with van der Waals surface area (Å²) in [6, 6.07) is 9.15. The van der Waals surface area contributed by atoms with Gasteiger partial charge in [0, 0.05) is 23.3 Å². The summed E-state index contributed by atoms with van der Waals surface area (Å²) in [5, 5.41) is 8.65. The zero-order valence-electron chi connectivity index (χ0n) is 10.4. The zero-order valence-corrected chi connectivity index (χ0v) is 10.4.